The molecule has 7 nitrogen and oxygen atoms in total. The molecule has 2 aliphatic rings. The molecular formula is C24H33FIN7. The number of nitrogens with one attached hydrogen (secondary N) is 1. The van der Waals surface area contributed by atoms with E-state index in [1.54, 1.807) is 12.1 Å². The molecule has 1 aromatic carbocycles. The average molecular weight is 565 g/mol. The molecule has 2 aromatic rings. The molecule has 2 heterocycles. The first-order valence-corrected chi connectivity index (χ1v) is 11.6. The first-order valence-electron chi connectivity index (χ1n) is 11.6. The Morgan fingerprint density at radius 1 is 1.27 bits per heavy atom. The molecule has 33 heavy (non-hydrogen) atoms. The fourth-order valence-electron chi connectivity index (χ4n) is 5.06. The standard InChI is InChI=1S/C24H32FN7.HI/c1-2-28-23(31-15-13-24(17-31)11-3-4-12-24)29-14-5-6-21-20(16-26)22(27)32(30-21)19-9-7-18(25)8-10-19;/h7-10H,2-6,11-15,17,27H2,1H3,(H,28,29);1H. The van der Waals surface area contributed by atoms with Crippen LogP contribution in [0.5, 0.6) is 0 Å². The fraction of sp³-hybridized carbons (Fsp3) is 0.542. The van der Waals surface area contributed by atoms with E-state index >= 15 is 0 Å². The molecule has 1 aliphatic heterocycles. The lowest BCUT2D eigenvalue weighted by atomic mass is 9.86. The van der Waals surface area contributed by atoms with E-state index in [2.05, 4.69) is 28.3 Å². The van der Waals surface area contributed by atoms with Crippen molar-refractivity contribution in [3.8, 4) is 11.8 Å². The highest BCUT2D eigenvalue weighted by molar-refractivity contribution is 14.0. The number of likely N-dealkylation sites (tertiary alicyclic amines) is 1. The Hall–Kier alpha value is -2.35. The number of nitrogen functional groups attached to an aromatic ring is 1. The lowest BCUT2D eigenvalue weighted by Crippen LogP contribution is -2.41. The summed E-state index contributed by atoms with van der Waals surface area (Å²) in [5.41, 5.74) is 8.33. The van der Waals surface area contributed by atoms with Gasteiger partial charge in [-0.25, -0.2) is 9.07 Å². The van der Waals surface area contributed by atoms with Gasteiger partial charge in [-0.15, -0.1) is 24.0 Å². The summed E-state index contributed by atoms with van der Waals surface area (Å²) in [5, 5.41) is 17.6. The molecule has 2 fully saturated rings. The summed E-state index contributed by atoms with van der Waals surface area (Å²) in [6.07, 6.45) is 8.04. The summed E-state index contributed by atoms with van der Waals surface area (Å²) in [6, 6.07) is 8.08. The second-order valence-electron chi connectivity index (χ2n) is 8.92. The molecule has 3 N–H and O–H groups in total. The Balaban J connectivity index is 0.00000306. The van der Waals surface area contributed by atoms with Gasteiger partial charge in [0.15, 0.2) is 5.96 Å². The molecule has 178 valence electrons. The Labute approximate surface area is 212 Å². The van der Waals surface area contributed by atoms with Gasteiger partial charge in [-0.05, 0) is 68.7 Å². The molecule has 0 amide bonds. The number of aromatic nitrogens is 2. The second-order valence-corrected chi connectivity index (χ2v) is 8.92. The summed E-state index contributed by atoms with van der Waals surface area (Å²) in [6.45, 7) is 5.78. The quantitative estimate of drug-likeness (QED) is 0.237. The van der Waals surface area contributed by atoms with Gasteiger partial charge in [0, 0.05) is 26.2 Å². The minimum atomic E-state index is -0.327. The summed E-state index contributed by atoms with van der Waals surface area (Å²) >= 11 is 0. The van der Waals surface area contributed by atoms with E-state index < -0.39 is 0 Å². The molecule has 1 saturated carbocycles. The van der Waals surface area contributed by atoms with Crippen molar-refractivity contribution in [3.05, 3.63) is 41.3 Å². The third-order valence-corrected chi connectivity index (χ3v) is 6.75. The van der Waals surface area contributed by atoms with E-state index in [4.69, 9.17) is 10.7 Å². The van der Waals surface area contributed by atoms with Gasteiger partial charge in [-0.2, -0.15) is 10.4 Å². The maximum atomic E-state index is 13.2. The molecule has 1 saturated heterocycles. The minimum absolute atomic E-state index is 0. The molecule has 0 atom stereocenters. The molecule has 1 spiro atoms. The van der Waals surface area contributed by atoms with Crippen LogP contribution < -0.4 is 11.1 Å². The normalized spacial score (nSPS) is 17.2. The van der Waals surface area contributed by atoms with Crippen LogP contribution in [0.1, 0.15) is 56.7 Å². The summed E-state index contributed by atoms with van der Waals surface area (Å²) in [4.78, 5) is 7.27. The van der Waals surface area contributed by atoms with Crippen LogP contribution in [0.15, 0.2) is 29.3 Å². The minimum Gasteiger partial charge on any atom is -0.382 e. The van der Waals surface area contributed by atoms with Crippen LogP contribution in [0.25, 0.3) is 5.69 Å². The number of nitrogens with zero attached hydrogens (tertiary/aromatic N) is 5. The Morgan fingerprint density at radius 2 is 2.00 bits per heavy atom. The van der Waals surface area contributed by atoms with Crippen LogP contribution in [-0.2, 0) is 6.42 Å². The number of hydrogen-bond donors (Lipinski definition) is 2. The van der Waals surface area contributed by atoms with Gasteiger partial charge in [0.05, 0.1) is 11.4 Å². The van der Waals surface area contributed by atoms with Gasteiger partial charge in [0.2, 0.25) is 0 Å². The summed E-state index contributed by atoms with van der Waals surface area (Å²) in [7, 11) is 0. The maximum Gasteiger partial charge on any atom is 0.193 e. The van der Waals surface area contributed by atoms with E-state index in [0.717, 1.165) is 32.0 Å². The van der Waals surface area contributed by atoms with Crippen molar-refractivity contribution < 1.29 is 4.39 Å². The number of nitrogens with two attached hydrogens (primary N) is 1. The molecule has 4 rings (SSSR count). The number of anilines is 1. The summed E-state index contributed by atoms with van der Waals surface area (Å²) < 4.78 is 14.7. The van der Waals surface area contributed by atoms with Gasteiger partial charge >= 0.3 is 0 Å². The van der Waals surface area contributed by atoms with Crippen LogP contribution in [0.2, 0.25) is 0 Å². The second kappa shape index (κ2) is 11.2. The largest absolute Gasteiger partial charge is 0.382 e. The first-order chi connectivity index (χ1) is 15.5. The maximum absolute atomic E-state index is 13.2. The van der Waals surface area contributed by atoms with Crippen LogP contribution >= 0.6 is 24.0 Å². The smallest absolute Gasteiger partial charge is 0.193 e. The predicted molar refractivity (Wildman–Crippen MR) is 139 cm³/mol. The molecular weight excluding hydrogens is 532 g/mol. The SMILES string of the molecule is CCNC(=NCCCc1nn(-c2ccc(F)cc2)c(N)c1C#N)N1CCC2(CCCC2)C1.I. The highest BCUT2D eigenvalue weighted by Gasteiger charge is 2.41. The Morgan fingerprint density at radius 3 is 2.67 bits per heavy atom. The summed E-state index contributed by atoms with van der Waals surface area (Å²) in [5.74, 6) is 0.949. The topological polar surface area (TPSA) is 95.3 Å². The lowest BCUT2D eigenvalue weighted by Gasteiger charge is -2.26. The average Bonchev–Trinajstić information content (AvgIpc) is 3.51. The highest BCUT2D eigenvalue weighted by atomic mass is 127. The number of benzene rings is 1. The van der Waals surface area contributed by atoms with E-state index in [-0.39, 0.29) is 35.6 Å². The van der Waals surface area contributed by atoms with Crippen LogP contribution in [0, 0.1) is 22.6 Å². The Kier molecular flexibility index (Phi) is 8.57. The van der Waals surface area contributed by atoms with E-state index in [9.17, 15) is 9.65 Å². The van der Waals surface area contributed by atoms with Crippen molar-refractivity contribution in [1.82, 2.24) is 20.0 Å². The van der Waals surface area contributed by atoms with Crippen LogP contribution in [0.4, 0.5) is 10.2 Å². The zero-order valence-electron chi connectivity index (χ0n) is 19.2. The van der Waals surface area contributed by atoms with Crippen molar-refractivity contribution in [2.24, 2.45) is 10.4 Å². The number of guanidine groups is 1. The van der Waals surface area contributed by atoms with Crippen molar-refractivity contribution in [2.75, 3.05) is 31.9 Å². The fourth-order valence-corrected chi connectivity index (χ4v) is 5.06. The molecule has 0 unspecified atom stereocenters. The number of hydrogen-bond acceptors (Lipinski definition) is 4. The molecule has 9 heteroatoms. The Bertz CT molecular complexity index is 1000. The number of aliphatic imine (C=N–C) groups is 1. The lowest BCUT2D eigenvalue weighted by molar-refractivity contribution is 0.309. The monoisotopic (exact) mass is 565 g/mol. The number of aryl methyl sites for hydroxylation is 1. The van der Waals surface area contributed by atoms with Gasteiger partial charge in [-0.3, -0.25) is 4.99 Å². The van der Waals surface area contributed by atoms with Gasteiger partial charge < -0.3 is 16.0 Å². The van der Waals surface area contributed by atoms with Crippen LogP contribution in [0.3, 0.4) is 0 Å². The molecule has 0 bridgehead atoms. The zero-order chi connectivity index (χ0) is 22.6. The highest BCUT2D eigenvalue weighted by Crippen LogP contribution is 2.45. The zero-order valence-corrected chi connectivity index (χ0v) is 21.5. The van der Waals surface area contributed by atoms with Gasteiger partial charge in [0.25, 0.3) is 0 Å². The third kappa shape index (κ3) is 5.60. The van der Waals surface area contributed by atoms with E-state index in [1.165, 1.54) is 48.9 Å². The number of halogens is 2. The number of rotatable bonds is 6. The van der Waals surface area contributed by atoms with Crippen molar-refractivity contribution in [3.63, 3.8) is 0 Å². The van der Waals surface area contributed by atoms with E-state index in [0.29, 0.717) is 35.3 Å². The molecule has 1 aliphatic carbocycles. The van der Waals surface area contributed by atoms with Crippen molar-refractivity contribution in [2.45, 2.75) is 51.9 Å². The van der Waals surface area contributed by atoms with Crippen molar-refractivity contribution in [1.29, 1.82) is 5.26 Å². The number of nitriles is 1. The van der Waals surface area contributed by atoms with E-state index in [1.807, 2.05) is 0 Å². The molecule has 0 radical (unpaired) electrons. The first kappa shape index (κ1) is 25.3. The van der Waals surface area contributed by atoms with Crippen LogP contribution in [-0.4, -0.2) is 46.8 Å². The molecule has 1 aromatic heterocycles. The van der Waals surface area contributed by atoms with Crippen molar-refractivity contribution >= 4 is 35.8 Å². The van der Waals surface area contributed by atoms with Gasteiger partial charge in [0.1, 0.15) is 23.3 Å². The predicted octanol–water partition coefficient (Wildman–Crippen LogP) is 4.25. The third-order valence-electron chi connectivity index (χ3n) is 6.75. The van der Waals surface area contributed by atoms with Gasteiger partial charge in [-0.1, -0.05) is 12.8 Å².